The van der Waals surface area contributed by atoms with E-state index in [1.165, 1.54) is 6.92 Å². The molecule has 124 valence electrons. The van der Waals surface area contributed by atoms with Gasteiger partial charge in [0.05, 0.1) is 5.92 Å². The summed E-state index contributed by atoms with van der Waals surface area (Å²) in [5.74, 6) is -1.78. The molecule has 0 saturated carbocycles. The Balaban J connectivity index is 2.00. The van der Waals surface area contributed by atoms with Crippen molar-refractivity contribution in [2.45, 2.75) is 25.9 Å². The van der Waals surface area contributed by atoms with Crippen molar-refractivity contribution >= 4 is 29.4 Å². The number of nitrogens with zero attached hydrogens (tertiary/aromatic N) is 1. The normalized spacial score (nSPS) is 19.0. The Labute approximate surface area is 139 Å². The van der Waals surface area contributed by atoms with Crippen LogP contribution in [0.15, 0.2) is 24.3 Å². The van der Waals surface area contributed by atoms with Crippen molar-refractivity contribution in [1.29, 1.82) is 0 Å². The fourth-order valence-electron chi connectivity index (χ4n) is 2.46. The zero-order valence-electron chi connectivity index (χ0n) is 12.8. The van der Waals surface area contributed by atoms with Gasteiger partial charge in [-0.2, -0.15) is 0 Å². The SMILES string of the molecule is C[C@H](OC(=O)[C@@H]1CCCN(C(=O)c2ccc(Cl)cc2)C1)C(N)=O. The Kier molecular flexibility index (Phi) is 5.60. The van der Waals surface area contributed by atoms with Gasteiger partial charge in [0.1, 0.15) is 0 Å². The number of carbonyl (C=O) groups excluding carboxylic acids is 3. The molecule has 0 spiro atoms. The molecule has 0 radical (unpaired) electrons. The van der Waals surface area contributed by atoms with Crippen LogP contribution in [0.3, 0.4) is 0 Å². The second-order valence-electron chi connectivity index (χ2n) is 5.58. The molecule has 2 rings (SSSR count). The van der Waals surface area contributed by atoms with Crippen LogP contribution in [-0.2, 0) is 14.3 Å². The topological polar surface area (TPSA) is 89.7 Å². The minimum absolute atomic E-state index is 0.151. The van der Waals surface area contributed by atoms with E-state index in [2.05, 4.69) is 0 Å². The summed E-state index contributed by atoms with van der Waals surface area (Å²) >= 11 is 5.82. The molecule has 23 heavy (non-hydrogen) atoms. The van der Waals surface area contributed by atoms with E-state index in [4.69, 9.17) is 22.1 Å². The van der Waals surface area contributed by atoms with Gasteiger partial charge in [0.15, 0.2) is 6.10 Å². The molecule has 2 N–H and O–H groups in total. The van der Waals surface area contributed by atoms with Gasteiger partial charge in [-0.3, -0.25) is 14.4 Å². The minimum Gasteiger partial charge on any atom is -0.452 e. The van der Waals surface area contributed by atoms with Crippen molar-refractivity contribution in [1.82, 2.24) is 4.90 Å². The average Bonchev–Trinajstić information content (AvgIpc) is 2.54. The zero-order valence-corrected chi connectivity index (χ0v) is 13.6. The summed E-state index contributed by atoms with van der Waals surface area (Å²) in [7, 11) is 0. The summed E-state index contributed by atoms with van der Waals surface area (Å²) in [4.78, 5) is 37.1. The number of amides is 2. The van der Waals surface area contributed by atoms with E-state index in [0.29, 0.717) is 30.0 Å². The summed E-state index contributed by atoms with van der Waals surface area (Å²) in [6.07, 6.45) is 0.350. The van der Waals surface area contributed by atoms with Crippen LogP contribution in [0.25, 0.3) is 0 Å². The number of primary amides is 1. The van der Waals surface area contributed by atoms with Gasteiger partial charge in [-0.1, -0.05) is 11.6 Å². The first-order chi connectivity index (χ1) is 10.9. The summed E-state index contributed by atoms with van der Waals surface area (Å²) in [6.45, 7) is 2.28. The van der Waals surface area contributed by atoms with Gasteiger partial charge in [-0.15, -0.1) is 0 Å². The van der Waals surface area contributed by atoms with E-state index < -0.39 is 23.9 Å². The number of esters is 1. The predicted molar refractivity (Wildman–Crippen MR) is 84.8 cm³/mol. The molecule has 0 aliphatic carbocycles. The van der Waals surface area contributed by atoms with E-state index >= 15 is 0 Å². The molecule has 1 aliphatic heterocycles. The number of hydrogen-bond donors (Lipinski definition) is 1. The number of nitrogens with two attached hydrogens (primary N) is 1. The summed E-state index contributed by atoms with van der Waals surface area (Å²) in [5, 5.41) is 0.557. The van der Waals surface area contributed by atoms with Crippen LogP contribution in [0.1, 0.15) is 30.1 Å². The van der Waals surface area contributed by atoms with Gasteiger partial charge >= 0.3 is 5.97 Å². The van der Waals surface area contributed by atoms with Crippen LogP contribution in [0.5, 0.6) is 0 Å². The zero-order chi connectivity index (χ0) is 17.0. The van der Waals surface area contributed by atoms with Crippen molar-refractivity contribution in [3.63, 3.8) is 0 Å². The van der Waals surface area contributed by atoms with Gasteiger partial charge in [0.25, 0.3) is 11.8 Å². The lowest BCUT2D eigenvalue weighted by molar-refractivity contribution is -0.159. The van der Waals surface area contributed by atoms with Gasteiger partial charge in [-0.05, 0) is 44.0 Å². The Morgan fingerprint density at radius 3 is 2.57 bits per heavy atom. The van der Waals surface area contributed by atoms with Gasteiger partial charge in [0.2, 0.25) is 0 Å². The van der Waals surface area contributed by atoms with Gasteiger partial charge in [0, 0.05) is 23.7 Å². The summed E-state index contributed by atoms with van der Waals surface area (Å²) in [6, 6.07) is 6.61. The lowest BCUT2D eigenvalue weighted by atomic mass is 9.97. The summed E-state index contributed by atoms with van der Waals surface area (Å²) in [5.41, 5.74) is 5.61. The Hall–Kier alpha value is -2.08. The number of carbonyl (C=O) groups is 3. The molecule has 0 aromatic heterocycles. The van der Waals surface area contributed by atoms with Crippen LogP contribution < -0.4 is 5.73 Å². The van der Waals surface area contributed by atoms with Crippen LogP contribution in [0.2, 0.25) is 5.02 Å². The standard InChI is InChI=1S/C16H19ClN2O4/c1-10(14(18)20)23-16(22)12-3-2-8-19(9-12)15(21)11-4-6-13(17)7-5-11/h4-7,10,12H,2-3,8-9H2,1H3,(H2,18,20)/t10-,12+/m0/s1. The van der Waals surface area contributed by atoms with E-state index in [0.717, 1.165) is 0 Å². The third-order valence-corrected chi connectivity index (χ3v) is 4.08. The molecule has 1 aromatic rings. The van der Waals surface area contributed by atoms with Crippen molar-refractivity contribution in [2.75, 3.05) is 13.1 Å². The molecule has 2 atom stereocenters. The molecule has 1 saturated heterocycles. The second kappa shape index (κ2) is 7.46. The largest absolute Gasteiger partial charge is 0.452 e. The van der Waals surface area contributed by atoms with E-state index in [1.807, 2.05) is 0 Å². The van der Waals surface area contributed by atoms with Crippen LogP contribution in [-0.4, -0.2) is 41.9 Å². The fourth-order valence-corrected chi connectivity index (χ4v) is 2.58. The highest BCUT2D eigenvalue weighted by Crippen LogP contribution is 2.21. The van der Waals surface area contributed by atoms with E-state index in [1.54, 1.807) is 29.2 Å². The molecule has 2 amide bonds. The smallest absolute Gasteiger partial charge is 0.311 e. The molecule has 0 unspecified atom stereocenters. The second-order valence-corrected chi connectivity index (χ2v) is 6.02. The molecule has 1 aromatic carbocycles. The lowest BCUT2D eigenvalue weighted by Gasteiger charge is -2.32. The number of benzene rings is 1. The maximum atomic E-state index is 12.5. The quantitative estimate of drug-likeness (QED) is 0.844. The van der Waals surface area contributed by atoms with Crippen LogP contribution in [0, 0.1) is 5.92 Å². The molecule has 1 fully saturated rings. The van der Waals surface area contributed by atoms with Crippen molar-refractivity contribution < 1.29 is 19.1 Å². The highest BCUT2D eigenvalue weighted by Gasteiger charge is 2.31. The molecule has 6 nitrogen and oxygen atoms in total. The average molecular weight is 339 g/mol. The molecule has 1 heterocycles. The predicted octanol–water partition coefficient (Wildman–Crippen LogP) is 1.61. The maximum absolute atomic E-state index is 12.5. The molecule has 0 bridgehead atoms. The lowest BCUT2D eigenvalue weighted by Crippen LogP contribution is -2.44. The monoisotopic (exact) mass is 338 g/mol. The highest BCUT2D eigenvalue weighted by molar-refractivity contribution is 6.30. The number of hydrogen-bond acceptors (Lipinski definition) is 4. The Morgan fingerprint density at radius 1 is 1.30 bits per heavy atom. The Morgan fingerprint density at radius 2 is 1.96 bits per heavy atom. The first-order valence-electron chi connectivity index (χ1n) is 7.43. The fraction of sp³-hybridized carbons (Fsp3) is 0.438. The Bertz CT molecular complexity index is 603. The minimum atomic E-state index is -0.968. The first-order valence-corrected chi connectivity index (χ1v) is 7.81. The number of halogens is 1. The van der Waals surface area contributed by atoms with Gasteiger partial charge in [-0.25, -0.2) is 0 Å². The number of likely N-dealkylation sites (tertiary alicyclic amines) is 1. The third kappa shape index (κ3) is 4.45. The highest BCUT2D eigenvalue weighted by atomic mass is 35.5. The molecular weight excluding hydrogens is 320 g/mol. The molecule has 1 aliphatic rings. The number of rotatable bonds is 4. The van der Waals surface area contributed by atoms with Crippen molar-refractivity contribution in [3.05, 3.63) is 34.9 Å². The van der Waals surface area contributed by atoms with Crippen molar-refractivity contribution in [3.8, 4) is 0 Å². The van der Waals surface area contributed by atoms with Crippen LogP contribution >= 0.6 is 11.6 Å². The van der Waals surface area contributed by atoms with E-state index in [9.17, 15) is 14.4 Å². The maximum Gasteiger partial charge on any atom is 0.311 e. The number of ether oxygens (including phenoxy) is 1. The summed E-state index contributed by atoms with van der Waals surface area (Å²) < 4.78 is 5.03. The molecular formula is C16H19ClN2O4. The van der Waals surface area contributed by atoms with Crippen LogP contribution in [0.4, 0.5) is 0 Å². The number of piperidine rings is 1. The van der Waals surface area contributed by atoms with E-state index in [-0.39, 0.29) is 12.5 Å². The first kappa shape index (κ1) is 17.3. The third-order valence-electron chi connectivity index (χ3n) is 3.83. The van der Waals surface area contributed by atoms with Crippen molar-refractivity contribution in [2.24, 2.45) is 11.7 Å². The molecule has 7 heteroatoms. The van der Waals surface area contributed by atoms with Gasteiger partial charge < -0.3 is 15.4 Å².